The molecule has 80 valence electrons. The molecule has 1 aromatic rings. The fraction of sp³-hybridized carbons (Fsp3) is 0.545. The highest BCUT2D eigenvalue weighted by atomic mass is 16.3. The first-order valence-electron chi connectivity index (χ1n) is 4.95. The summed E-state index contributed by atoms with van der Waals surface area (Å²) in [4.78, 5) is 11.2. The lowest BCUT2D eigenvalue weighted by atomic mass is 10.3. The van der Waals surface area contributed by atoms with Gasteiger partial charge in [0.05, 0.1) is 12.6 Å². The van der Waals surface area contributed by atoms with Crippen LogP contribution < -0.4 is 5.56 Å². The minimum atomic E-state index is -0.482. The molecule has 1 N–H and O–H groups in total. The average molecular weight is 197 g/mol. The van der Waals surface area contributed by atoms with Crippen LogP contribution in [0, 0.1) is 6.92 Å². The van der Waals surface area contributed by atoms with Crippen LogP contribution in [0.4, 0.5) is 0 Å². The summed E-state index contributed by atoms with van der Waals surface area (Å²) in [6, 6.07) is 3.28. The van der Waals surface area contributed by atoms with Gasteiger partial charge in [-0.25, -0.2) is 0 Å². The molecule has 1 atom stereocenters. The van der Waals surface area contributed by atoms with Crippen LogP contribution >= 0.6 is 0 Å². The maximum atomic E-state index is 11.2. The van der Waals surface area contributed by atoms with Crippen molar-refractivity contribution in [1.82, 2.24) is 4.57 Å². The third-order valence-electron chi connectivity index (χ3n) is 1.59. The van der Waals surface area contributed by atoms with E-state index in [0.717, 1.165) is 5.56 Å². The standard InChI is InChI=1S/C9H13NO2.C2H6/c1-7-3-4-9(12)10(5-7)6-8(2)11;1-2/h3-5,8,11H,6H2,1-2H3;1-2H3. The number of nitrogens with zero attached hydrogens (tertiary/aromatic N) is 1. The Balaban J connectivity index is 0.000000791. The first-order valence-corrected chi connectivity index (χ1v) is 4.95. The second-order valence-corrected chi connectivity index (χ2v) is 3.05. The molecular weight excluding hydrogens is 178 g/mol. The number of rotatable bonds is 2. The Hall–Kier alpha value is -1.09. The molecule has 3 nitrogen and oxygen atoms in total. The van der Waals surface area contributed by atoms with Gasteiger partial charge in [-0.05, 0) is 19.4 Å². The van der Waals surface area contributed by atoms with Gasteiger partial charge in [-0.3, -0.25) is 4.79 Å². The summed E-state index contributed by atoms with van der Waals surface area (Å²) in [6.07, 6.45) is 1.26. The molecule has 0 bridgehead atoms. The Morgan fingerprint density at radius 3 is 2.50 bits per heavy atom. The van der Waals surface area contributed by atoms with E-state index < -0.39 is 6.10 Å². The van der Waals surface area contributed by atoms with E-state index in [0.29, 0.717) is 6.54 Å². The van der Waals surface area contributed by atoms with Crippen molar-refractivity contribution < 1.29 is 5.11 Å². The monoisotopic (exact) mass is 197 g/mol. The van der Waals surface area contributed by atoms with Crippen LogP contribution in [0.5, 0.6) is 0 Å². The molecular formula is C11H19NO2. The van der Waals surface area contributed by atoms with Crippen molar-refractivity contribution in [3.8, 4) is 0 Å². The zero-order valence-electron chi connectivity index (χ0n) is 9.32. The average Bonchev–Trinajstić information content (AvgIpc) is 2.14. The summed E-state index contributed by atoms with van der Waals surface area (Å²) in [5, 5.41) is 9.06. The lowest BCUT2D eigenvalue weighted by Crippen LogP contribution is -2.24. The van der Waals surface area contributed by atoms with Gasteiger partial charge in [-0.2, -0.15) is 0 Å². The number of hydrogen-bond acceptors (Lipinski definition) is 2. The van der Waals surface area contributed by atoms with Gasteiger partial charge >= 0.3 is 0 Å². The minimum absolute atomic E-state index is 0.0681. The Labute approximate surface area is 85.0 Å². The first kappa shape index (κ1) is 12.9. The maximum absolute atomic E-state index is 11.2. The number of aliphatic hydroxyl groups excluding tert-OH is 1. The molecule has 0 aliphatic carbocycles. The molecule has 1 rings (SSSR count). The third kappa shape index (κ3) is 4.23. The summed E-state index contributed by atoms with van der Waals surface area (Å²) >= 11 is 0. The van der Waals surface area contributed by atoms with Gasteiger partial charge < -0.3 is 9.67 Å². The van der Waals surface area contributed by atoms with Crippen molar-refractivity contribution in [2.75, 3.05) is 0 Å². The molecule has 14 heavy (non-hydrogen) atoms. The van der Waals surface area contributed by atoms with E-state index in [1.54, 1.807) is 19.2 Å². The van der Waals surface area contributed by atoms with E-state index in [4.69, 9.17) is 5.11 Å². The molecule has 0 amide bonds. The molecule has 0 radical (unpaired) electrons. The summed E-state index contributed by atoms with van der Waals surface area (Å²) in [5.74, 6) is 0. The summed E-state index contributed by atoms with van der Waals surface area (Å²) < 4.78 is 1.51. The molecule has 0 aliphatic heterocycles. The molecule has 0 aliphatic rings. The predicted octanol–water partition coefficient (Wildman–Crippen LogP) is 1.56. The molecule has 0 saturated heterocycles. The number of hydrogen-bond donors (Lipinski definition) is 1. The molecule has 0 spiro atoms. The van der Waals surface area contributed by atoms with E-state index in [1.807, 2.05) is 20.8 Å². The largest absolute Gasteiger partial charge is 0.392 e. The molecule has 0 fully saturated rings. The van der Waals surface area contributed by atoms with Gasteiger partial charge in [0, 0.05) is 12.3 Å². The van der Waals surface area contributed by atoms with Crippen LogP contribution in [0.15, 0.2) is 23.1 Å². The van der Waals surface area contributed by atoms with Crippen LogP contribution in [0.1, 0.15) is 26.3 Å². The highest BCUT2D eigenvalue weighted by molar-refractivity contribution is 5.07. The molecule has 1 heterocycles. The highest BCUT2D eigenvalue weighted by Crippen LogP contribution is 1.93. The quantitative estimate of drug-likeness (QED) is 0.782. The Kier molecular flexibility index (Phi) is 5.88. The second-order valence-electron chi connectivity index (χ2n) is 3.05. The molecule has 0 saturated carbocycles. The summed E-state index contributed by atoms with van der Waals surface area (Å²) in [7, 11) is 0. The Bertz CT molecular complexity index is 315. The molecule has 1 unspecified atom stereocenters. The van der Waals surface area contributed by atoms with Crippen LogP contribution in [0.25, 0.3) is 0 Å². The van der Waals surface area contributed by atoms with E-state index in [1.165, 1.54) is 10.6 Å². The van der Waals surface area contributed by atoms with E-state index in [9.17, 15) is 4.79 Å². The van der Waals surface area contributed by atoms with Gasteiger partial charge in [0.1, 0.15) is 0 Å². The predicted molar refractivity (Wildman–Crippen MR) is 58.5 cm³/mol. The minimum Gasteiger partial charge on any atom is -0.392 e. The van der Waals surface area contributed by atoms with Crippen molar-refractivity contribution in [2.45, 2.75) is 40.3 Å². The number of pyridine rings is 1. The zero-order valence-corrected chi connectivity index (χ0v) is 9.32. The van der Waals surface area contributed by atoms with Gasteiger partial charge in [0.2, 0.25) is 0 Å². The second kappa shape index (κ2) is 6.38. The van der Waals surface area contributed by atoms with Gasteiger partial charge in [0.25, 0.3) is 5.56 Å². The summed E-state index contributed by atoms with van der Waals surface area (Å²) in [6.45, 7) is 7.94. The summed E-state index contributed by atoms with van der Waals surface area (Å²) in [5.41, 5.74) is 0.955. The fourth-order valence-corrected chi connectivity index (χ4v) is 1.08. The first-order chi connectivity index (χ1) is 6.59. The molecule has 0 aromatic carbocycles. The highest BCUT2D eigenvalue weighted by Gasteiger charge is 1.99. The molecule has 3 heteroatoms. The smallest absolute Gasteiger partial charge is 0.250 e. The Morgan fingerprint density at radius 1 is 1.43 bits per heavy atom. The van der Waals surface area contributed by atoms with Crippen molar-refractivity contribution >= 4 is 0 Å². The van der Waals surface area contributed by atoms with E-state index in [-0.39, 0.29) is 5.56 Å². The third-order valence-corrected chi connectivity index (χ3v) is 1.59. The lowest BCUT2D eigenvalue weighted by Gasteiger charge is -2.07. The zero-order chi connectivity index (χ0) is 11.1. The van der Waals surface area contributed by atoms with Crippen molar-refractivity contribution in [3.05, 3.63) is 34.2 Å². The van der Waals surface area contributed by atoms with Crippen LogP contribution in [-0.4, -0.2) is 15.8 Å². The van der Waals surface area contributed by atoms with Gasteiger partial charge in [0.15, 0.2) is 0 Å². The number of aromatic nitrogens is 1. The van der Waals surface area contributed by atoms with Crippen LogP contribution in [0.2, 0.25) is 0 Å². The normalized spacial score (nSPS) is 11.5. The topological polar surface area (TPSA) is 42.2 Å². The lowest BCUT2D eigenvalue weighted by molar-refractivity contribution is 0.172. The van der Waals surface area contributed by atoms with Crippen LogP contribution in [-0.2, 0) is 6.54 Å². The van der Waals surface area contributed by atoms with Crippen molar-refractivity contribution in [2.24, 2.45) is 0 Å². The van der Waals surface area contributed by atoms with Gasteiger partial charge in [-0.1, -0.05) is 19.9 Å². The van der Waals surface area contributed by atoms with E-state index >= 15 is 0 Å². The van der Waals surface area contributed by atoms with Crippen molar-refractivity contribution in [3.63, 3.8) is 0 Å². The SMILES string of the molecule is CC.Cc1ccc(=O)n(CC(C)O)c1. The maximum Gasteiger partial charge on any atom is 0.250 e. The number of aryl methyl sites for hydroxylation is 1. The molecule has 1 aromatic heterocycles. The van der Waals surface area contributed by atoms with Crippen LogP contribution in [0.3, 0.4) is 0 Å². The van der Waals surface area contributed by atoms with Gasteiger partial charge in [-0.15, -0.1) is 0 Å². The fourth-order valence-electron chi connectivity index (χ4n) is 1.08. The van der Waals surface area contributed by atoms with Crippen molar-refractivity contribution in [1.29, 1.82) is 0 Å². The number of aliphatic hydroxyl groups is 1. The van der Waals surface area contributed by atoms with E-state index in [2.05, 4.69) is 0 Å². The Morgan fingerprint density at radius 2 is 2.00 bits per heavy atom.